The molecule has 2 aromatic rings. The normalized spacial score (nSPS) is 15.1. The van der Waals surface area contributed by atoms with E-state index in [0.717, 1.165) is 25.7 Å². The van der Waals surface area contributed by atoms with Gasteiger partial charge in [-0.3, -0.25) is 9.59 Å². The Morgan fingerprint density at radius 3 is 2.38 bits per heavy atom. The zero-order valence-corrected chi connectivity index (χ0v) is 20.2. The van der Waals surface area contributed by atoms with E-state index in [1.54, 1.807) is 49.4 Å². The van der Waals surface area contributed by atoms with Crippen molar-refractivity contribution < 1.29 is 14.3 Å². The Kier molecular flexibility index (Phi) is 9.09. The number of nitrogens with zero attached hydrogens (tertiary/aromatic N) is 1. The lowest BCUT2D eigenvalue weighted by Gasteiger charge is -2.31. The molecule has 0 spiro atoms. The van der Waals surface area contributed by atoms with Crippen molar-refractivity contribution in [3.63, 3.8) is 0 Å². The number of amides is 2. The minimum absolute atomic E-state index is 0.0928. The molecule has 32 heavy (non-hydrogen) atoms. The van der Waals surface area contributed by atoms with E-state index in [2.05, 4.69) is 5.32 Å². The van der Waals surface area contributed by atoms with Gasteiger partial charge in [0.15, 0.2) is 6.61 Å². The lowest BCUT2D eigenvalue weighted by Crippen LogP contribution is -2.51. The second-order valence-corrected chi connectivity index (χ2v) is 9.24. The second kappa shape index (κ2) is 11.8. The van der Waals surface area contributed by atoms with Crippen LogP contribution in [0, 0.1) is 0 Å². The van der Waals surface area contributed by atoms with Gasteiger partial charge < -0.3 is 15.0 Å². The van der Waals surface area contributed by atoms with Crippen molar-refractivity contribution in [1.29, 1.82) is 0 Å². The molecule has 8 heteroatoms. The number of carbonyl (C=O) groups is 2. The van der Waals surface area contributed by atoms with E-state index >= 15 is 0 Å². The molecule has 1 atom stereocenters. The van der Waals surface area contributed by atoms with E-state index in [1.165, 1.54) is 11.3 Å². The highest BCUT2D eigenvalue weighted by molar-refractivity contribution is 6.36. The molecule has 3 rings (SSSR count). The highest BCUT2D eigenvalue weighted by atomic mass is 35.5. The average molecular weight is 498 g/mol. The highest BCUT2D eigenvalue weighted by Gasteiger charge is 2.29. The van der Waals surface area contributed by atoms with Gasteiger partial charge in [0, 0.05) is 33.2 Å². The SMILES string of the molecule is C[C@@H](C(=O)NC1CCCCC1)N(Cc1c(Cl)cccc1Cl)C(=O)COc1cccc(Cl)c1. The summed E-state index contributed by atoms with van der Waals surface area (Å²) in [6, 6.07) is 11.4. The average Bonchev–Trinajstić information content (AvgIpc) is 2.77. The Labute approximate surface area is 204 Å². The molecule has 0 unspecified atom stereocenters. The number of halogens is 3. The molecule has 1 aliphatic rings. The zero-order chi connectivity index (χ0) is 23.1. The fourth-order valence-electron chi connectivity index (χ4n) is 3.79. The number of nitrogens with one attached hydrogen (secondary N) is 1. The van der Waals surface area contributed by atoms with E-state index in [1.807, 2.05) is 0 Å². The molecule has 1 aliphatic carbocycles. The van der Waals surface area contributed by atoms with Gasteiger partial charge in [-0.2, -0.15) is 0 Å². The van der Waals surface area contributed by atoms with Crippen LogP contribution in [0.5, 0.6) is 5.75 Å². The summed E-state index contributed by atoms with van der Waals surface area (Å²) in [5, 5.41) is 4.47. The van der Waals surface area contributed by atoms with E-state index in [0.29, 0.717) is 26.4 Å². The van der Waals surface area contributed by atoms with Gasteiger partial charge in [-0.05, 0) is 50.1 Å². The Balaban J connectivity index is 1.76. The van der Waals surface area contributed by atoms with Gasteiger partial charge in [0.25, 0.3) is 5.91 Å². The summed E-state index contributed by atoms with van der Waals surface area (Å²) in [5.41, 5.74) is 0.587. The van der Waals surface area contributed by atoms with Gasteiger partial charge >= 0.3 is 0 Å². The van der Waals surface area contributed by atoms with Crippen LogP contribution in [0.1, 0.15) is 44.6 Å². The van der Waals surface area contributed by atoms with Crippen molar-refractivity contribution in [1.82, 2.24) is 10.2 Å². The van der Waals surface area contributed by atoms with Crippen molar-refractivity contribution in [2.75, 3.05) is 6.61 Å². The molecule has 5 nitrogen and oxygen atoms in total. The molecule has 2 aromatic carbocycles. The monoisotopic (exact) mass is 496 g/mol. The molecule has 1 N–H and O–H groups in total. The Hall–Kier alpha value is -1.95. The molecule has 1 saturated carbocycles. The molecule has 0 saturated heterocycles. The second-order valence-electron chi connectivity index (χ2n) is 7.99. The van der Waals surface area contributed by atoms with Crippen LogP contribution in [0.15, 0.2) is 42.5 Å². The van der Waals surface area contributed by atoms with Gasteiger partial charge in [0.05, 0.1) is 0 Å². The lowest BCUT2D eigenvalue weighted by atomic mass is 9.95. The lowest BCUT2D eigenvalue weighted by molar-refractivity contribution is -0.142. The summed E-state index contributed by atoms with van der Waals surface area (Å²) in [6.45, 7) is 1.55. The number of benzene rings is 2. The van der Waals surface area contributed by atoms with Crippen molar-refractivity contribution in [2.24, 2.45) is 0 Å². The predicted molar refractivity (Wildman–Crippen MR) is 128 cm³/mol. The standard InChI is InChI=1S/C24H27Cl3N2O3/c1-16(24(31)28-18-8-3-2-4-9-18)29(14-20-21(26)11-6-12-22(20)27)23(30)15-32-19-10-5-7-17(25)13-19/h5-7,10-13,16,18H,2-4,8-9,14-15H2,1H3,(H,28,31)/t16-/m0/s1. The van der Waals surface area contributed by atoms with Gasteiger partial charge in [-0.1, -0.05) is 66.2 Å². The van der Waals surface area contributed by atoms with Crippen molar-refractivity contribution in [3.8, 4) is 5.75 Å². The van der Waals surface area contributed by atoms with Gasteiger partial charge in [0.2, 0.25) is 5.91 Å². The molecule has 0 radical (unpaired) electrons. The Bertz CT molecular complexity index is 928. The summed E-state index contributed by atoms with van der Waals surface area (Å²) < 4.78 is 5.63. The summed E-state index contributed by atoms with van der Waals surface area (Å²) >= 11 is 18.7. The number of ether oxygens (including phenoxy) is 1. The number of carbonyl (C=O) groups excluding carboxylic acids is 2. The minimum Gasteiger partial charge on any atom is -0.484 e. The highest BCUT2D eigenvalue weighted by Crippen LogP contribution is 2.27. The summed E-state index contributed by atoms with van der Waals surface area (Å²) in [4.78, 5) is 27.6. The largest absolute Gasteiger partial charge is 0.484 e. The topological polar surface area (TPSA) is 58.6 Å². The van der Waals surface area contributed by atoms with Gasteiger partial charge in [0.1, 0.15) is 11.8 Å². The fourth-order valence-corrected chi connectivity index (χ4v) is 4.49. The maximum absolute atomic E-state index is 13.2. The third-order valence-electron chi connectivity index (χ3n) is 5.67. The van der Waals surface area contributed by atoms with Gasteiger partial charge in [-0.25, -0.2) is 0 Å². The predicted octanol–water partition coefficient (Wildman–Crippen LogP) is 5.89. The van der Waals surface area contributed by atoms with E-state index < -0.39 is 6.04 Å². The van der Waals surface area contributed by atoms with Crippen LogP contribution in [0.3, 0.4) is 0 Å². The first-order valence-electron chi connectivity index (χ1n) is 10.8. The summed E-state index contributed by atoms with van der Waals surface area (Å²) in [6.07, 6.45) is 5.31. The zero-order valence-electron chi connectivity index (χ0n) is 18.0. The van der Waals surface area contributed by atoms with Crippen molar-refractivity contribution in [3.05, 3.63) is 63.1 Å². The molecule has 2 amide bonds. The molecule has 172 valence electrons. The first-order valence-corrected chi connectivity index (χ1v) is 11.9. The first kappa shape index (κ1) is 24.7. The third kappa shape index (κ3) is 6.77. The number of hydrogen-bond donors (Lipinski definition) is 1. The van der Waals surface area contributed by atoms with Gasteiger partial charge in [-0.15, -0.1) is 0 Å². The van der Waals surface area contributed by atoms with Crippen LogP contribution in [0.25, 0.3) is 0 Å². The maximum Gasteiger partial charge on any atom is 0.261 e. The van der Waals surface area contributed by atoms with Crippen LogP contribution in [0.2, 0.25) is 15.1 Å². The number of rotatable bonds is 8. The van der Waals surface area contributed by atoms with Crippen LogP contribution < -0.4 is 10.1 Å². The molecule has 1 fully saturated rings. The molecule has 0 aliphatic heterocycles. The van der Waals surface area contributed by atoms with Crippen LogP contribution >= 0.6 is 34.8 Å². The fraction of sp³-hybridized carbons (Fsp3) is 0.417. The van der Waals surface area contributed by atoms with Crippen LogP contribution in [-0.4, -0.2) is 35.4 Å². The van der Waals surface area contributed by atoms with E-state index in [4.69, 9.17) is 39.5 Å². The van der Waals surface area contributed by atoms with Crippen LogP contribution in [-0.2, 0) is 16.1 Å². The first-order chi connectivity index (χ1) is 15.3. The Morgan fingerprint density at radius 1 is 1.06 bits per heavy atom. The maximum atomic E-state index is 13.2. The molecule has 0 heterocycles. The number of hydrogen-bond acceptors (Lipinski definition) is 3. The Morgan fingerprint density at radius 2 is 1.72 bits per heavy atom. The molecular weight excluding hydrogens is 471 g/mol. The summed E-state index contributed by atoms with van der Waals surface area (Å²) in [5.74, 6) is -0.0793. The molecule has 0 bridgehead atoms. The van der Waals surface area contributed by atoms with Crippen LogP contribution in [0.4, 0.5) is 0 Å². The summed E-state index contributed by atoms with van der Waals surface area (Å²) in [7, 11) is 0. The smallest absolute Gasteiger partial charge is 0.261 e. The minimum atomic E-state index is -0.722. The van der Waals surface area contributed by atoms with E-state index in [-0.39, 0.29) is 31.0 Å². The molecular formula is C24H27Cl3N2O3. The third-order valence-corrected chi connectivity index (χ3v) is 6.61. The van der Waals surface area contributed by atoms with E-state index in [9.17, 15) is 9.59 Å². The molecule has 0 aromatic heterocycles. The van der Waals surface area contributed by atoms with Crippen molar-refractivity contribution in [2.45, 2.75) is 57.7 Å². The quantitative estimate of drug-likeness (QED) is 0.494. The van der Waals surface area contributed by atoms with Crippen molar-refractivity contribution >= 4 is 46.6 Å².